The van der Waals surface area contributed by atoms with Gasteiger partial charge in [-0.1, -0.05) is 30.0 Å². The average molecular weight is 548 g/mol. The molecule has 3 heterocycles. The Bertz CT molecular complexity index is 1700. The molecule has 8 heteroatoms. The van der Waals surface area contributed by atoms with Crippen LogP contribution in [-0.4, -0.2) is 41.3 Å². The van der Waals surface area contributed by atoms with Crippen molar-refractivity contribution in [3.05, 3.63) is 81.2 Å². The second kappa shape index (κ2) is 10.6. The molecule has 2 aliphatic heterocycles. The third kappa shape index (κ3) is 5.51. The lowest BCUT2D eigenvalue weighted by atomic mass is 9.81. The van der Waals surface area contributed by atoms with Crippen LogP contribution < -0.4 is 5.63 Å². The van der Waals surface area contributed by atoms with Crippen molar-refractivity contribution in [1.82, 2.24) is 0 Å². The lowest BCUT2D eigenvalue weighted by molar-refractivity contribution is -0.438. The van der Waals surface area contributed by atoms with E-state index in [1.54, 1.807) is 6.08 Å². The number of para-hydroxylation sites is 1. The van der Waals surface area contributed by atoms with Gasteiger partial charge in [0.05, 0.1) is 21.1 Å². The van der Waals surface area contributed by atoms with Crippen molar-refractivity contribution in [3.8, 4) is 11.8 Å². The molecule has 38 heavy (non-hydrogen) atoms. The fourth-order valence-corrected chi connectivity index (χ4v) is 6.55. The molecule has 0 unspecified atom stereocenters. The van der Waals surface area contributed by atoms with Gasteiger partial charge >= 0.3 is 5.63 Å². The third-order valence-corrected chi connectivity index (χ3v) is 8.88. The van der Waals surface area contributed by atoms with Gasteiger partial charge in [-0.25, -0.2) is 13.2 Å². The molecule has 1 aromatic heterocycles. The zero-order chi connectivity index (χ0) is 26.9. The summed E-state index contributed by atoms with van der Waals surface area (Å²) in [5.74, 6) is 7.88. The largest absolute Gasteiger partial charge is 0.748 e. The Balaban J connectivity index is 1.51. The normalized spacial score (nSPS) is 16.6. The van der Waals surface area contributed by atoms with E-state index < -0.39 is 15.7 Å². The van der Waals surface area contributed by atoms with Gasteiger partial charge in [0.15, 0.2) is 5.71 Å². The van der Waals surface area contributed by atoms with E-state index in [2.05, 4.69) is 42.4 Å². The number of hydrogen-bond donors (Lipinski definition) is 0. The van der Waals surface area contributed by atoms with Crippen LogP contribution in [0, 0.1) is 11.8 Å². The van der Waals surface area contributed by atoms with Crippen LogP contribution in [0.4, 0.5) is 5.69 Å². The molecule has 0 fully saturated rings. The predicted molar refractivity (Wildman–Crippen MR) is 152 cm³/mol. The van der Waals surface area contributed by atoms with Crippen molar-refractivity contribution in [3.63, 3.8) is 0 Å². The van der Waals surface area contributed by atoms with Gasteiger partial charge < -0.3 is 8.97 Å². The Labute approximate surface area is 227 Å². The van der Waals surface area contributed by atoms with Crippen molar-refractivity contribution in [1.29, 1.82) is 0 Å². The van der Waals surface area contributed by atoms with Crippen LogP contribution in [0.1, 0.15) is 55.4 Å². The van der Waals surface area contributed by atoms with Crippen LogP contribution in [0.2, 0.25) is 0 Å². The first-order chi connectivity index (χ1) is 18.1. The minimum absolute atomic E-state index is 0.295. The van der Waals surface area contributed by atoms with Gasteiger partial charge in [-0.2, -0.15) is 16.3 Å². The fraction of sp³-hybridized carbons (Fsp3) is 0.333. The zero-order valence-electron chi connectivity index (χ0n) is 21.5. The quantitative estimate of drug-likeness (QED) is 0.133. The van der Waals surface area contributed by atoms with Gasteiger partial charge in [-0.15, -0.1) is 0 Å². The molecule has 0 spiro atoms. The van der Waals surface area contributed by atoms with Crippen molar-refractivity contribution in [2.75, 3.05) is 18.1 Å². The van der Waals surface area contributed by atoms with E-state index in [9.17, 15) is 17.8 Å². The fourth-order valence-electron chi connectivity index (χ4n) is 5.14. The van der Waals surface area contributed by atoms with Crippen LogP contribution in [0.3, 0.4) is 0 Å². The third-order valence-electron chi connectivity index (χ3n) is 7.08. The highest BCUT2D eigenvalue weighted by Gasteiger charge is 2.43. The number of thioether (sulfide) groups is 1. The van der Waals surface area contributed by atoms with Crippen molar-refractivity contribution in [2.24, 2.45) is 0 Å². The van der Waals surface area contributed by atoms with Gasteiger partial charge in [0.1, 0.15) is 12.1 Å². The summed E-state index contributed by atoms with van der Waals surface area (Å²) in [6.45, 7) is 4.83. The SMILES string of the molecule is CC1(C)C(/C=C/c2cc3cc4c(cc3oc2=O)C#CCCSC4)=[N+](CCCCS(=O)(=O)[O-])c2ccccc21. The number of rotatable bonds is 7. The van der Waals surface area contributed by atoms with Crippen LogP contribution >= 0.6 is 11.8 Å². The van der Waals surface area contributed by atoms with E-state index in [4.69, 9.17) is 4.42 Å². The monoisotopic (exact) mass is 547 g/mol. The maximum Gasteiger partial charge on any atom is 0.343 e. The molecule has 3 aromatic rings. The molecule has 2 aromatic carbocycles. The molecule has 0 radical (unpaired) electrons. The van der Waals surface area contributed by atoms with E-state index in [0.717, 1.165) is 51.4 Å². The summed E-state index contributed by atoms with van der Waals surface area (Å²) in [7, 11) is -4.24. The van der Waals surface area contributed by atoms with Gasteiger partial charge in [-0.05, 0) is 50.1 Å². The standard InChI is InChI=1S/C30H29NO5S2/c1-30(2)25-10-3-4-11-26(25)31(14-6-8-16-38(33,34)35)28(30)13-12-22-17-23-18-24-20-37-15-7-5-9-21(24)19-27(23)36-29(22)32/h3-4,10-13,17-19H,6-8,14-16,20H2,1-2H3/b13-12+. The average Bonchev–Trinajstić information content (AvgIpc) is 3.06. The summed E-state index contributed by atoms with van der Waals surface area (Å²) < 4.78 is 41.0. The van der Waals surface area contributed by atoms with Crippen LogP contribution in [0.5, 0.6) is 0 Å². The summed E-state index contributed by atoms with van der Waals surface area (Å²) in [6, 6.07) is 13.9. The number of nitrogens with zero attached hydrogens (tertiary/aromatic N) is 1. The maximum atomic E-state index is 12.9. The summed E-state index contributed by atoms with van der Waals surface area (Å²) in [5.41, 5.74) is 5.49. The molecular weight excluding hydrogens is 518 g/mol. The number of unbranched alkanes of at least 4 members (excludes halogenated alkanes) is 1. The Morgan fingerprint density at radius 2 is 1.97 bits per heavy atom. The van der Waals surface area contributed by atoms with E-state index in [1.807, 2.05) is 48.2 Å². The van der Waals surface area contributed by atoms with Gasteiger partial charge in [-0.3, -0.25) is 0 Å². The van der Waals surface area contributed by atoms with Crippen molar-refractivity contribution in [2.45, 2.75) is 44.3 Å². The van der Waals surface area contributed by atoms with Crippen molar-refractivity contribution >= 4 is 50.3 Å². The highest BCUT2D eigenvalue weighted by atomic mass is 32.2. The van der Waals surface area contributed by atoms with E-state index in [1.165, 1.54) is 0 Å². The number of fused-ring (bicyclic) bond motifs is 3. The van der Waals surface area contributed by atoms with Gasteiger partial charge in [0.2, 0.25) is 5.69 Å². The Morgan fingerprint density at radius 1 is 1.16 bits per heavy atom. The number of benzene rings is 2. The summed E-state index contributed by atoms with van der Waals surface area (Å²) in [6.07, 6.45) is 5.45. The first-order valence-corrected chi connectivity index (χ1v) is 15.4. The van der Waals surface area contributed by atoms with Crippen LogP contribution in [-0.2, 0) is 21.3 Å². The molecular formula is C30H29NO5S2. The Hall–Kier alpha value is -3.12. The minimum atomic E-state index is -4.24. The summed E-state index contributed by atoms with van der Waals surface area (Å²) in [4.78, 5) is 12.9. The summed E-state index contributed by atoms with van der Waals surface area (Å²) >= 11 is 1.85. The first kappa shape index (κ1) is 26.5. The highest BCUT2D eigenvalue weighted by molar-refractivity contribution is 7.98. The highest BCUT2D eigenvalue weighted by Crippen LogP contribution is 2.40. The van der Waals surface area contributed by atoms with Crippen molar-refractivity contribution < 1.29 is 22.0 Å². The Kier molecular flexibility index (Phi) is 7.36. The molecule has 0 atom stereocenters. The first-order valence-electron chi connectivity index (χ1n) is 12.7. The maximum absolute atomic E-state index is 12.9. The molecule has 0 saturated heterocycles. The van der Waals surface area contributed by atoms with E-state index in [-0.39, 0.29) is 11.2 Å². The number of hydrogen-bond acceptors (Lipinski definition) is 6. The molecule has 0 saturated carbocycles. The zero-order valence-corrected chi connectivity index (χ0v) is 23.1. The molecule has 0 amide bonds. The van der Waals surface area contributed by atoms with Crippen LogP contribution in [0.25, 0.3) is 17.0 Å². The molecule has 0 bridgehead atoms. The summed E-state index contributed by atoms with van der Waals surface area (Å²) in [5, 5.41) is 0.862. The second-order valence-corrected chi connectivity index (χ2v) is 12.8. The predicted octanol–water partition coefficient (Wildman–Crippen LogP) is 5.20. The molecule has 2 aliphatic rings. The minimum Gasteiger partial charge on any atom is -0.748 e. The molecule has 0 N–H and O–H groups in total. The molecule has 196 valence electrons. The van der Waals surface area contributed by atoms with E-state index in [0.29, 0.717) is 30.5 Å². The lowest BCUT2D eigenvalue weighted by Gasteiger charge is -2.15. The van der Waals surface area contributed by atoms with E-state index >= 15 is 0 Å². The molecule has 6 nitrogen and oxygen atoms in total. The lowest BCUT2D eigenvalue weighted by Crippen LogP contribution is -2.28. The number of allylic oxidation sites excluding steroid dienone is 1. The van der Waals surface area contributed by atoms with Gasteiger partial charge in [0, 0.05) is 58.8 Å². The smallest absolute Gasteiger partial charge is 0.343 e. The molecule has 0 aliphatic carbocycles. The molecule has 5 rings (SSSR count). The van der Waals surface area contributed by atoms with Crippen LogP contribution in [0.15, 0.2) is 57.8 Å². The van der Waals surface area contributed by atoms with Gasteiger partial charge in [0.25, 0.3) is 0 Å². The topological polar surface area (TPSA) is 90.4 Å². The second-order valence-electron chi connectivity index (χ2n) is 10.1. The Morgan fingerprint density at radius 3 is 2.79 bits per heavy atom.